The van der Waals surface area contributed by atoms with Gasteiger partial charge in [0.2, 0.25) is 0 Å². The molecule has 0 N–H and O–H groups in total. The second-order valence-corrected chi connectivity index (χ2v) is 3.40. The SMILES string of the molecule is C=NC(C)(C)C(=O)OCCCOCC. The Morgan fingerprint density at radius 1 is 1.43 bits per heavy atom. The minimum atomic E-state index is -0.842. The number of esters is 1. The molecular weight excluding hydrogens is 182 g/mol. The highest BCUT2D eigenvalue weighted by Crippen LogP contribution is 2.09. The molecule has 4 nitrogen and oxygen atoms in total. The Kier molecular flexibility index (Phi) is 6.12. The number of aliphatic imine (C=N–C) groups is 1. The van der Waals surface area contributed by atoms with E-state index >= 15 is 0 Å². The topological polar surface area (TPSA) is 47.9 Å². The summed E-state index contributed by atoms with van der Waals surface area (Å²) in [6.45, 7) is 10.3. The van der Waals surface area contributed by atoms with Gasteiger partial charge in [-0.2, -0.15) is 0 Å². The molecule has 0 unspecified atom stereocenters. The summed E-state index contributed by atoms with van der Waals surface area (Å²) in [5.41, 5.74) is -0.842. The van der Waals surface area contributed by atoms with Crippen molar-refractivity contribution in [2.45, 2.75) is 32.7 Å². The van der Waals surface area contributed by atoms with Gasteiger partial charge in [0.05, 0.1) is 6.61 Å². The van der Waals surface area contributed by atoms with E-state index in [1.165, 1.54) is 0 Å². The van der Waals surface area contributed by atoms with Gasteiger partial charge in [0.15, 0.2) is 5.54 Å². The van der Waals surface area contributed by atoms with Crippen LogP contribution in [0.25, 0.3) is 0 Å². The predicted octanol–water partition coefficient (Wildman–Crippen LogP) is 1.44. The summed E-state index contributed by atoms with van der Waals surface area (Å²) in [6, 6.07) is 0. The number of carbonyl (C=O) groups is 1. The van der Waals surface area contributed by atoms with Gasteiger partial charge in [-0.3, -0.25) is 4.99 Å². The van der Waals surface area contributed by atoms with E-state index in [9.17, 15) is 4.79 Å². The van der Waals surface area contributed by atoms with E-state index in [2.05, 4.69) is 11.7 Å². The first-order chi connectivity index (χ1) is 6.54. The van der Waals surface area contributed by atoms with Crippen LogP contribution in [0.4, 0.5) is 0 Å². The van der Waals surface area contributed by atoms with Gasteiger partial charge in [0, 0.05) is 19.6 Å². The maximum absolute atomic E-state index is 11.3. The van der Waals surface area contributed by atoms with Crippen LogP contribution < -0.4 is 0 Å². The molecule has 0 saturated heterocycles. The monoisotopic (exact) mass is 201 g/mol. The van der Waals surface area contributed by atoms with Crippen molar-refractivity contribution >= 4 is 12.7 Å². The largest absolute Gasteiger partial charge is 0.464 e. The zero-order chi connectivity index (χ0) is 11.0. The first-order valence-electron chi connectivity index (χ1n) is 4.77. The van der Waals surface area contributed by atoms with Crippen molar-refractivity contribution in [3.05, 3.63) is 0 Å². The summed E-state index contributed by atoms with van der Waals surface area (Å²) in [7, 11) is 0. The minimum Gasteiger partial charge on any atom is -0.464 e. The Bertz CT molecular complexity index is 190. The number of hydrogen-bond acceptors (Lipinski definition) is 4. The molecule has 4 heteroatoms. The number of rotatable bonds is 7. The van der Waals surface area contributed by atoms with Crippen molar-refractivity contribution in [2.75, 3.05) is 19.8 Å². The lowest BCUT2D eigenvalue weighted by molar-refractivity contribution is -0.149. The number of hydrogen-bond donors (Lipinski definition) is 0. The van der Waals surface area contributed by atoms with Crippen LogP contribution in [0.2, 0.25) is 0 Å². The molecule has 82 valence electrons. The molecule has 0 radical (unpaired) electrons. The van der Waals surface area contributed by atoms with E-state index in [4.69, 9.17) is 9.47 Å². The molecule has 0 spiro atoms. The van der Waals surface area contributed by atoms with Gasteiger partial charge in [0.25, 0.3) is 0 Å². The van der Waals surface area contributed by atoms with Gasteiger partial charge >= 0.3 is 5.97 Å². The molecule has 0 bridgehead atoms. The number of carbonyl (C=O) groups excluding carboxylic acids is 1. The van der Waals surface area contributed by atoms with Crippen molar-refractivity contribution in [3.63, 3.8) is 0 Å². The van der Waals surface area contributed by atoms with Gasteiger partial charge in [0.1, 0.15) is 0 Å². The molecule has 0 atom stereocenters. The van der Waals surface area contributed by atoms with E-state index in [0.29, 0.717) is 26.2 Å². The van der Waals surface area contributed by atoms with Crippen LogP contribution in [0.1, 0.15) is 27.2 Å². The highest BCUT2D eigenvalue weighted by molar-refractivity contribution is 5.80. The Balaban J connectivity index is 3.59. The normalized spacial score (nSPS) is 11.1. The summed E-state index contributed by atoms with van der Waals surface area (Å²) in [4.78, 5) is 15.0. The van der Waals surface area contributed by atoms with Crippen LogP contribution in [-0.2, 0) is 14.3 Å². The molecule has 0 fully saturated rings. The maximum atomic E-state index is 11.3. The van der Waals surface area contributed by atoms with Crippen LogP contribution in [-0.4, -0.2) is 38.0 Å². The fourth-order valence-electron chi connectivity index (χ4n) is 0.711. The molecule has 0 aliphatic carbocycles. The fourth-order valence-corrected chi connectivity index (χ4v) is 0.711. The summed E-state index contributed by atoms with van der Waals surface area (Å²) < 4.78 is 10.1. The van der Waals surface area contributed by atoms with Crippen molar-refractivity contribution in [1.82, 2.24) is 0 Å². The molecule has 0 rings (SSSR count). The van der Waals surface area contributed by atoms with Gasteiger partial charge in [-0.25, -0.2) is 4.79 Å². The molecule has 0 heterocycles. The van der Waals surface area contributed by atoms with Gasteiger partial charge < -0.3 is 9.47 Å². The quantitative estimate of drug-likeness (QED) is 0.356. The lowest BCUT2D eigenvalue weighted by atomic mass is 10.1. The van der Waals surface area contributed by atoms with Crippen LogP contribution >= 0.6 is 0 Å². The highest BCUT2D eigenvalue weighted by Gasteiger charge is 2.26. The molecule has 14 heavy (non-hydrogen) atoms. The zero-order valence-electron chi connectivity index (χ0n) is 9.21. The third kappa shape index (κ3) is 4.97. The van der Waals surface area contributed by atoms with Crippen molar-refractivity contribution in [2.24, 2.45) is 4.99 Å². The van der Waals surface area contributed by atoms with Crippen molar-refractivity contribution < 1.29 is 14.3 Å². The number of nitrogens with zero attached hydrogens (tertiary/aromatic N) is 1. The Morgan fingerprint density at radius 2 is 2.07 bits per heavy atom. The Morgan fingerprint density at radius 3 is 2.57 bits per heavy atom. The molecule has 0 saturated carbocycles. The van der Waals surface area contributed by atoms with Crippen LogP contribution in [0.15, 0.2) is 4.99 Å². The van der Waals surface area contributed by atoms with Gasteiger partial charge in [-0.15, -0.1) is 0 Å². The van der Waals surface area contributed by atoms with Crippen molar-refractivity contribution in [1.29, 1.82) is 0 Å². The van der Waals surface area contributed by atoms with Gasteiger partial charge in [-0.1, -0.05) is 0 Å². The van der Waals surface area contributed by atoms with Gasteiger partial charge in [-0.05, 0) is 27.5 Å². The van der Waals surface area contributed by atoms with Crippen LogP contribution in [0.5, 0.6) is 0 Å². The third-order valence-electron chi connectivity index (χ3n) is 1.77. The van der Waals surface area contributed by atoms with E-state index < -0.39 is 5.54 Å². The average Bonchev–Trinajstić information content (AvgIpc) is 2.17. The molecule has 0 aliphatic rings. The van der Waals surface area contributed by atoms with Crippen molar-refractivity contribution in [3.8, 4) is 0 Å². The zero-order valence-corrected chi connectivity index (χ0v) is 9.21. The van der Waals surface area contributed by atoms with E-state index in [0.717, 1.165) is 0 Å². The first kappa shape index (κ1) is 13.1. The first-order valence-corrected chi connectivity index (χ1v) is 4.77. The molecular formula is C10H19NO3. The Labute approximate surface area is 85.3 Å². The van der Waals surface area contributed by atoms with E-state index in [1.54, 1.807) is 13.8 Å². The molecule has 0 aromatic carbocycles. The highest BCUT2D eigenvalue weighted by atomic mass is 16.5. The molecule has 0 amide bonds. The smallest absolute Gasteiger partial charge is 0.333 e. The summed E-state index contributed by atoms with van der Waals surface area (Å²) in [5, 5.41) is 0. The van der Waals surface area contributed by atoms with E-state index in [1.807, 2.05) is 6.92 Å². The van der Waals surface area contributed by atoms with Crippen LogP contribution in [0, 0.1) is 0 Å². The second kappa shape index (κ2) is 6.54. The maximum Gasteiger partial charge on any atom is 0.333 e. The summed E-state index contributed by atoms with van der Waals surface area (Å²) in [5.74, 6) is -0.344. The minimum absolute atomic E-state index is 0.344. The summed E-state index contributed by atoms with van der Waals surface area (Å²) in [6.07, 6.45) is 0.715. The molecule has 0 aromatic heterocycles. The lowest BCUT2D eigenvalue weighted by Crippen LogP contribution is -2.31. The van der Waals surface area contributed by atoms with E-state index in [-0.39, 0.29) is 5.97 Å². The Hall–Kier alpha value is -0.900. The average molecular weight is 201 g/mol. The molecule has 0 aliphatic heterocycles. The third-order valence-corrected chi connectivity index (χ3v) is 1.77. The predicted molar refractivity (Wildman–Crippen MR) is 55.7 cm³/mol. The molecule has 0 aromatic rings. The lowest BCUT2D eigenvalue weighted by Gasteiger charge is -2.16. The van der Waals surface area contributed by atoms with Crippen LogP contribution in [0.3, 0.4) is 0 Å². The second-order valence-electron chi connectivity index (χ2n) is 3.40. The fraction of sp³-hybridized carbons (Fsp3) is 0.800. The standard InChI is InChI=1S/C10H19NO3/c1-5-13-7-6-8-14-9(12)10(2,3)11-4/h4-8H2,1-3H3. The summed E-state index contributed by atoms with van der Waals surface area (Å²) >= 11 is 0. The number of ether oxygens (including phenoxy) is 2.